The molecule has 0 unspecified atom stereocenters. The van der Waals surface area contributed by atoms with Crippen LogP contribution in [0.1, 0.15) is 56.6 Å². The molecule has 16 heavy (non-hydrogen) atoms. The van der Waals surface area contributed by atoms with Gasteiger partial charge in [-0.25, -0.2) is 0 Å². The zero-order chi connectivity index (χ0) is 11.5. The molecule has 0 bridgehead atoms. The molecule has 0 radical (unpaired) electrons. The molecule has 0 aromatic heterocycles. The van der Waals surface area contributed by atoms with Crippen LogP contribution in [0.25, 0.3) is 0 Å². The zero-order valence-electron chi connectivity index (χ0n) is 10.6. The lowest BCUT2D eigenvalue weighted by Crippen LogP contribution is -2.11. The highest BCUT2D eigenvalue weighted by molar-refractivity contribution is 5.38. The van der Waals surface area contributed by atoms with Gasteiger partial charge in [-0.1, -0.05) is 26.0 Å². The minimum Gasteiger partial charge on any atom is -0.490 e. The summed E-state index contributed by atoms with van der Waals surface area (Å²) in [5.74, 6) is 1.67. The van der Waals surface area contributed by atoms with Gasteiger partial charge in [0.15, 0.2) is 0 Å². The molecule has 0 atom stereocenters. The van der Waals surface area contributed by atoms with Crippen molar-refractivity contribution in [2.24, 2.45) is 0 Å². The van der Waals surface area contributed by atoms with Crippen LogP contribution in [0.3, 0.4) is 0 Å². The lowest BCUT2D eigenvalue weighted by molar-refractivity contribution is 0.208. The highest BCUT2D eigenvalue weighted by Gasteiger charge is 2.17. The molecule has 0 spiro atoms. The Morgan fingerprint density at radius 1 is 1.19 bits per heavy atom. The second-order valence-corrected chi connectivity index (χ2v) is 5.20. The first-order valence-corrected chi connectivity index (χ1v) is 6.44. The summed E-state index contributed by atoms with van der Waals surface area (Å²) < 4.78 is 6.10. The molecular formula is C15H22O. The predicted molar refractivity (Wildman–Crippen MR) is 68.2 cm³/mol. The average Bonchev–Trinajstić information content (AvgIpc) is 2.73. The lowest BCUT2D eigenvalue weighted by atomic mass is 10.0. The van der Waals surface area contributed by atoms with E-state index < -0.39 is 0 Å². The molecule has 1 heteroatoms. The normalized spacial score (nSPS) is 17.0. The van der Waals surface area contributed by atoms with E-state index in [1.165, 1.54) is 36.8 Å². The number of benzene rings is 1. The van der Waals surface area contributed by atoms with Crippen LogP contribution >= 0.6 is 0 Å². The first-order chi connectivity index (χ1) is 7.66. The van der Waals surface area contributed by atoms with Crippen molar-refractivity contribution in [2.45, 2.75) is 58.5 Å². The molecule has 0 heterocycles. The van der Waals surface area contributed by atoms with Gasteiger partial charge in [-0.3, -0.25) is 0 Å². The van der Waals surface area contributed by atoms with Crippen LogP contribution in [0.4, 0.5) is 0 Å². The van der Waals surface area contributed by atoms with Crippen LogP contribution in [0.15, 0.2) is 18.2 Å². The monoisotopic (exact) mass is 218 g/mol. The molecule has 0 saturated heterocycles. The van der Waals surface area contributed by atoms with Crippen molar-refractivity contribution in [3.63, 3.8) is 0 Å². The minimum absolute atomic E-state index is 0.459. The quantitative estimate of drug-likeness (QED) is 0.728. The number of hydrogen-bond acceptors (Lipinski definition) is 1. The molecular weight excluding hydrogens is 196 g/mol. The molecule has 0 N–H and O–H groups in total. The third kappa shape index (κ3) is 2.58. The molecule has 1 aliphatic carbocycles. The summed E-state index contributed by atoms with van der Waals surface area (Å²) in [6.07, 6.45) is 5.57. The van der Waals surface area contributed by atoms with E-state index in [-0.39, 0.29) is 0 Å². The largest absolute Gasteiger partial charge is 0.490 e. The molecule has 0 aliphatic heterocycles. The lowest BCUT2D eigenvalue weighted by Gasteiger charge is -2.17. The van der Waals surface area contributed by atoms with Crippen molar-refractivity contribution in [2.75, 3.05) is 0 Å². The Morgan fingerprint density at radius 3 is 2.50 bits per heavy atom. The van der Waals surface area contributed by atoms with Gasteiger partial charge in [-0.15, -0.1) is 0 Å². The smallest absolute Gasteiger partial charge is 0.122 e. The maximum Gasteiger partial charge on any atom is 0.122 e. The second-order valence-electron chi connectivity index (χ2n) is 5.20. The summed E-state index contributed by atoms with van der Waals surface area (Å²) >= 11 is 0. The Bertz CT molecular complexity index is 348. The molecule has 1 saturated carbocycles. The molecule has 1 fully saturated rings. The minimum atomic E-state index is 0.459. The highest BCUT2D eigenvalue weighted by atomic mass is 16.5. The van der Waals surface area contributed by atoms with Crippen LogP contribution in [0.2, 0.25) is 0 Å². The number of hydrogen-bond donors (Lipinski definition) is 0. The second kappa shape index (κ2) is 4.90. The van der Waals surface area contributed by atoms with E-state index in [4.69, 9.17) is 4.74 Å². The van der Waals surface area contributed by atoms with Crippen LogP contribution < -0.4 is 4.74 Å². The fraction of sp³-hybridized carbons (Fsp3) is 0.600. The number of aryl methyl sites for hydroxylation is 1. The van der Waals surface area contributed by atoms with Crippen molar-refractivity contribution >= 4 is 0 Å². The molecule has 2 rings (SSSR count). The predicted octanol–water partition coefficient (Wildman–Crippen LogP) is 4.44. The Kier molecular flexibility index (Phi) is 3.52. The van der Waals surface area contributed by atoms with Gasteiger partial charge in [-0.05, 0) is 55.7 Å². The Hall–Kier alpha value is -0.980. The highest BCUT2D eigenvalue weighted by Crippen LogP contribution is 2.29. The van der Waals surface area contributed by atoms with Gasteiger partial charge in [0.1, 0.15) is 5.75 Å². The first kappa shape index (κ1) is 11.5. The van der Waals surface area contributed by atoms with Crippen molar-refractivity contribution in [3.8, 4) is 5.75 Å². The van der Waals surface area contributed by atoms with Crippen molar-refractivity contribution in [3.05, 3.63) is 29.3 Å². The van der Waals surface area contributed by atoms with E-state index in [1.807, 2.05) is 0 Å². The van der Waals surface area contributed by atoms with E-state index in [0.717, 1.165) is 5.75 Å². The summed E-state index contributed by atoms with van der Waals surface area (Å²) in [4.78, 5) is 0. The molecule has 88 valence electrons. The maximum absolute atomic E-state index is 6.10. The summed E-state index contributed by atoms with van der Waals surface area (Å²) in [7, 11) is 0. The van der Waals surface area contributed by atoms with E-state index in [1.54, 1.807) is 0 Å². The molecule has 1 aromatic carbocycles. The van der Waals surface area contributed by atoms with Crippen LogP contribution in [0, 0.1) is 6.92 Å². The van der Waals surface area contributed by atoms with Crippen molar-refractivity contribution in [1.29, 1.82) is 0 Å². The van der Waals surface area contributed by atoms with Gasteiger partial charge < -0.3 is 4.74 Å². The summed E-state index contributed by atoms with van der Waals surface area (Å²) in [6.45, 7) is 6.59. The van der Waals surface area contributed by atoms with Gasteiger partial charge in [0.05, 0.1) is 6.10 Å². The van der Waals surface area contributed by atoms with Gasteiger partial charge in [0.2, 0.25) is 0 Å². The third-order valence-corrected chi connectivity index (χ3v) is 3.47. The van der Waals surface area contributed by atoms with E-state index in [0.29, 0.717) is 12.0 Å². The van der Waals surface area contributed by atoms with Gasteiger partial charge in [0.25, 0.3) is 0 Å². The van der Waals surface area contributed by atoms with Crippen LogP contribution in [-0.2, 0) is 0 Å². The van der Waals surface area contributed by atoms with Crippen molar-refractivity contribution in [1.82, 2.24) is 0 Å². The van der Waals surface area contributed by atoms with E-state index in [2.05, 4.69) is 39.0 Å². The fourth-order valence-electron chi connectivity index (χ4n) is 2.29. The summed E-state index contributed by atoms with van der Waals surface area (Å²) in [6, 6.07) is 6.61. The standard InChI is InChI=1S/C15H22O/c1-11(2)13-9-8-12(3)15(10-13)16-14-6-4-5-7-14/h8-11,14H,4-7H2,1-3H3. The fourth-order valence-corrected chi connectivity index (χ4v) is 2.29. The van der Waals surface area contributed by atoms with Crippen LogP contribution in [-0.4, -0.2) is 6.10 Å². The number of rotatable bonds is 3. The van der Waals surface area contributed by atoms with E-state index in [9.17, 15) is 0 Å². The first-order valence-electron chi connectivity index (χ1n) is 6.44. The summed E-state index contributed by atoms with van der Waals surface area (Å²) in [5, 5.41) is 0. The topological polar surface area (TPSA) is 9.23 Å². The third-order valence-electron chi connectivity index (χ3n) is 3.47. The van der Waals surface area contributed by atoms with Crippen molar-refractivity contribution < 1.29 is 4.74 Å². The SMILES string of the molecule is Cc1ccc(C(C)C)cc1OC1CCCC1. The van der Waals surface area contributed by atoms with Gasteiger partial charge in [0, 0.05) is 0 Å². The maximum atomic E-state index is 6.10. The van der Waals surface area contributed by atoms with Gasteiger partial charge >= 0.3 is 0 Å². The van der Waals surface area contributed by atoms with Crippen LogP contribution in [0.5, 0.6) is 5.75 Å². The summed E-state index contributed by atoms with van der Waals surface area (Å²) in [5.41, 5.74) is 2.63. The van der Waals surface area contributed by atoms with E-state index >= 15 is 0 Å². The van der Waals surface area contributed by atoms with Gasteiger partial charge in [-0.2, -0.15) is 0 Å². The number of ether oxygens (including phenoxy) is 1. The Morgan fingerprint density at radius 2 is 1.88 bits per heavy atom. The average molecular weight is 218 g/mol. The Balaban J connectivity index is 2.14. The molecule has 1 nitrogen and oxygen atoms in total. The molecule has 1 aliphatic rings. The Labute approximate surface area is 98.8 Å². The molecule has 1 aromatic rings. The zero-order valence-corrected chi connectivity index (χ0v) is 10.6. The molecule has 0 amide bonds.